The maximum Gasteiger partial charge on any atom is 0.337 e. The number of aromatic carboxylic acids is 1. The fourth-order valence-corrected chi connectivity index (χ4v) is 2.66. The van der Waals surface area contributed by atoms with Crippen molar-refractivity contribution in [1.82, 2.24) is 9.38 Å². The molecule has 0 aliphatic rings. The average molecular weight is 331 g/mol. The summed E-state index contributed by atoms with van der Waals surface area (Å²) in [4.78, 5) is 15.5. The molecular weight excluding hydrogens is 320 g/mol. The standard InChI is InChI=1S/C15H11BrN2O2/c16-14-12-7-6-11(15(19)20)9-18(12)13(17-14)8-10-4-2-1-3-5-10/h1-7,9H,8H2,(H,19,20). The Kier molecular flexibility index (Phi) is 3.28. The van der Waals surface area contributed by atoms with E-state index in [2.05, 4.69) is 20.9 Å². The van der Waals surface area contributed by atoms with Crippen LogP contribution in [0, 0.1) is 0 Å². The second kappa shape index (κ2) is 5.09. The molecule has 0 atom stereocenters. The van der Waals surface area contributed by atoms with Crippen molar-refractivity contribution in [3.8, 4) is 0 Å². The van der Waals surface area contributed by atoms with E-state index in [4.69, 9.17) is 5.11 Å². The number of hydrogen-bond donors (Lipinski definition) is 1. The predicted molar refractivity (Wildman–Crippen MR) is 79.1 cm³/mol. The van der Waals surface area contributed by atoms with Crippen molar-refractivity contribution in [1.29, 1.82) is 0 Å². The summed E-state index contributed by atoms with van der Waals surface area (Å²) in [6, 6.07) is 13.3. The van der Waals surface area contributed by atoms with E-state index in [-0.39, 0.29) is 5.56 Å². The summed E-state index contributed by atoms with van der Waals surface area (Å²) in [6.45, 7) is 0. The normalized spacial score (nSPS) is 10.8. The van der Waals surface area contributed by atoms with Crippen LogP contribution in [-0.4, -0.2) is 20.5 Å². The lowest BCUT2D eigenvalue weighted by molar-refractivity contribution is 0.0696. The molecule has 0 aliphatic heterocycles. The number of pyridine rings is 1. The van der Waals surface area contributed by atoms with Gasteiger partial charge in [-0.2, -0.15) is 0 Å². The molecule has 0 saturated carbocycles. The lowest BCUT2D eigenvalue weighted by Crippen LogP contribution is -2.01. The van der Waals surface area contributed by atoms with Crippen molar-refractivity contribution >= 4 is 27.4 Å². The van der Waals surface area contributed by atoms with Crippen LogP contribution in [0.4, 0.5) is 0 Å². The van der Waals surface area contributed by atoms with Gasteiger partial charge in [0, 0.05) is 12.6 Å². The van der Waals surface area contributed by atoms with Crippen LogP contribution < -0.4 is 0 Å². The third-order valence-corrected chi connectivity index (χ3v) is 3.70. The molecule has 2 heterocycles. The van der Waals surface area contributed by atoms with Crippen molar-refractivity contribution in [2.45, 2.75) is 6.42 Å². The number of benzene rings is 1. The molecule has 100 valence electrons. The fourth-order valence-electron chi connectivity index (χ4n) is 2.14. The Balaban J connectivity index is 2.10. The number of aromatic nitrogens is 2. The Morgan fingerprint density at radius 3 is 2.65 bits per heavy atom. The van der Waals surface area contributed by atoms with Gasteiger partial charge < -0.3 is 9.51 Å². The Morgan fingerprint density at radius 2 is 1.95 bits per heavy atom. The number of rotatable bonds is 3. The summed E-state index contributed by atoms with van der Waals surface area (Å²) in [5, 5.41) is 9.09. The van der Waals surface area contributed by atoms with E-state index in [0.29, 0.717) is 6.42 Å². The highest BCUT2D eigenvalue weighted by molar-refractivity contribution is 9.10. The summed E-state index contributed by atoms with van der Waals surface area (Å²) < 4.78 is 2.54. The Labute approximate surface area is 123 Å². The Hall–Kier alpha value is -2.14. The number of halogens is 1. The highest BCUT2D eigenvalue weighted by Gasteiger charge is 2.12. The maximum absolute atomic E-state index is 11.1. The molecule has 20 heavy (non-hydrogen) atoms. The summed E-state index contributed by atoms with van der Waals surface area (Å²) in [6.07, 6.45) is 2.25. The van der Waals surface area contributed by atoms with Gasteiger partial charge in [-0.05, 0) is 33.6 Å². The van der Waals surface area contributed by atoms with Crippen LogP contribution in [-0.2, 0) is 6.42 Å². The molecule has 0 bridgehead atoms. The van der Waals surface area contributed by atoms with Gasteiger partial charge in [-0.3, -0.25) is 0 Å². The summed E-state index contributed by atoms with van der Waals surface area (Å²) in [7, 11) is 0. The monoisotopic (exact) mass is 330 g/mol. The number of fused-ring (bicyclic) bond motifs is 1. The van der Waals surface area contributed by atoms with E-state index in [1.54, 1.807) is 18.3 Å². The van der Waals surface area contributed by atoms with Gasteiger partial charge in [0.1, 0.15) is 10.4 Å². The third-order valence-electron chi connectivity index (χ3n) is 3.12. The topological polar surface area (TPSA) is 54.6 Å². The third kappa shape index (κ3) is 2.32. The van der Waals surface area contributed by atoms with Crippen LogP contribution in [0.1, 0.15) is 21.7 Å². The summed E-state index contributed by atoms with van der Waals surface area (Å²) >= 11 is 3.41. The number of carboxylic acid groups (broad SMARTS) is 1. The first kappa shape index (κ1) is 12.9. The molecule has 0 unspecified atom stereocenters. The van der Waals surface area contributed by atoms with Crippen molar-refractivity contribution in [3.63, 3.8) is 0 Å². The van der Waals surface area contributed by atoms with Crippen LogP contribution in [0.25, 0.3) is 5.52 Å². The number of carbonyl (C=O) groups is 1. The minimum Gasteiger partial charge on any atom is -0.478 e. The Morgan fingerprint density at radius 1 is 1.20 bits per heavy atom. The lowest BCUT2D eigenvalue weighted by Gasteiger charge is -2.03. The molecule has 0 fully saturated rings. The first-order valence-electron chi connectivity index (χ1n) is 6.09. The molecule has 3 rings (SSSR count). The summed E-state index contributed by atoms with van der Waals surface area (Å²) in [5.74, 6) is -0.136. The van der Waals surface area contributed by atoms with Gasteiger partial charge in [-0.1, -0.05) is 30.3 Å². The van der Waals surface area contributed by atoms with E-state index in [0.717, 1.165) is 21.5 Å². The van der Waals surface area contributed by atoms with Crippen molar-refractivity contribution in [2.24, 2.45) is 0 Å². The second-order valence-corrected chi connectivity index (χ2v) is 5.21. The zero-order chi connectivity index (χ0) is 14.1. The molecule has 4 nitrogen and oxygen atoms in total. The molecule has 2 aromatic heterocycles. The molecule has 0 spiro atoms. The van der Waals surface area contributed by atoms with Gasteiger partial charge in [0.2, 0.25) is 0 Å². The van der Waals surface area contributed by atoms with Crippen LogP contribution in [0.3, 0.4) is 0 Å². The Bertz CT molecular complexity index is 781. The molecular formula is C15H11BrN2O2. The minimum atomic E-state index is -0.942. The van der Waals surface area contributed by atoms with E-state index in [1.807, 2.05) is 34.7 Å². The summed E-state index contributed by atoms with van der Waals surface area (Å²) in [5.41, 5.74) is 2.24. The van der Waals surface area contributed by atoms with E-state index in [9.17, 15) is 4.79 Å². The van der Waals surface area contributed by atoms with Gasteiger partial charge in [-0.25, -0.2) is 9.78 Å². The minimum absolute atomic E-state index is 0.247. The zero-order valence-electron chi connectivity index (χ0n) is 10.5. The fraction of sp³-hybridized carbons (Fsp3) is 0.0667. The van der Waals surface area contributed by atoms with Crippen molar-refractivity contribution < 1.29 is 9.90 Å². The number of carboxylic acids is 1. The highest BCUT2D eigenvalue weighted by atomic mass is 79.9. The first-order valence-corrected chi connectivity index (χ1v) is 6.88. The van der Waals surface area contributed by atoms with E-state index in [1.165, 1.54) is 0 Å². The van der Waals surface area contributed by atoms with Crippen LogP contribution >= 0.6 is 15.9 Å². The molecule has 3 aromatic rings. The van der Waals surface area contributed by atoms with E-state index >= 15 is 0 Å². The van der Waals surface area contributed by atoms with Gasteiger partial charge >= 0.3 is 5.97 Å². The molecule has 5 heteroatoms. The molecule has 0 amide bonds. The number of imidazole rings is 1. The highest BCUT2D eigenvalue weighted by Crippen LogP contribution is 2.21. The van der Waals surface area contributed by atoms with Crippen LogP contribution in [0.15, 0.2) is 53.3 Å². The molecule has 0 aliphatic carbocycles. The SMILES string of the molecule is O=C(O)c1ccc2c(Br)nc(Cc3ccccc3)n2c1. The molecule has 0 saturated heterocycles. The van der Waals surface area contributed by atoms with Crippen LogP contribution in [0.2, 0.25) is 0 Å². The van der Waals surface area contributed by atoms with Crippen molar-refractivity contribution in [3.05, 3.63) is 70.2 Å². The number of nitrogens with zero attached hydrogens (tertiary/aromatic N) is 2. The smallest absolute Gasteiger partial charge is 0.337 e. The number of hydrogen-bond acceptors (Lipinski definition) is 2. The second-order valence-electron chi connectivity index (χ2n) is 4.46. The largest absolute Gasteiger partial charge is 0.478 e. The molecule has 0 radical (unpaired) electrons. The quantitative estimate of drug-likeness (QED) is 0.800. The van der Waals surface area contributed by atoms with Crippen LogP contribution in [0.5, 0.6) is 0 Å². The van der Waals surface area contributed by atoms with Gasteiger partial charge in [0.05, 0.1) is 11.1 Å². The van der Waals surface area contributed by atoms with E-state index < -0.39 is 5.97 Å². The van der Waals surface area contributed by atoms with Gasteiger partial charge in [0.25, 0.3) is 0 Å². The zero-order valence-corrected chi connectivity index (χ0v) is 12.0. The predicted octanol–water partition coefficient (Wildman–Crippen LogP) is 3.39. The molecule has 1 N–H and O–H groups in total. The average Bonchev–Trinajstić information content (AvgIpc) is 2.76. The van der Waals surface area contributed by atoms with Gasteiger partial charge in [-0.15, -0.1) is 0 Å². The van der Waals surface area contributed by atoms with Gasteiger partial charge in [0.15, 0.2) is 0 Å². The first-order chi connectivity index (χ1) is 9.65. The molecule has 1 aromatic carbocycles. The maximum atomic E-state index is 11.1. The van der Waals surface area contributed by atoms with Crippen molar-refractivity contribution in [2.75, 3.05) is 0 Å². The lowest BCUT2D eigenvalue weighted by atomic mass is 10.1.